The van der Waals surface area contributed by atoms with Crippen LogP contribution in [0.25, 0.3) is 0 Å². The normalized spacial score (nSPS) is 12.3. The van der Waals surface area contributed by atoms with Gasteiger partial charge in [-0.05, 0) is 6.07 Å². The van der Waals surface area contributed by atoms with E-state index in [4.69, 9.17) is 5.11 Å². The highest BCUT2D eigenvalue weighted by Crippen LogP contribution is 2.37. The summed E-state index contributed by atoms with van der Waals surface area (Å²) in [4.78, 5) is 13.8. The van der Waals surface area contributed by atoms with Gasteiger partial charge in [0, 0.05) is 5.33 Å². The Morgan fingerprint density at radius 2 is 1.85 bits per heavy atom. The maximum absolute atomic E-state index is 12.6. The first-order valence-corrected chi connectivity index (χ1v) is 5.74. The van der Waals surface area contributed by atoms with Crippen LogP contribution in [-0.4, -0.2) is 22.4 Å². The van der Waals surface area contributed by atoms with Crippen molar-refractivity contribution in [2.24, 2.45) is 0 Å². The van der Waals surface area contributed by atoms with Gasteiger partial charge in [0.2, 0.25) is 0 Å². The number of aromatic nitrogens is 1. The van der Waals surface area contributed by atoms with Gasteiger partial charge in [0.05, 0.1) is 11.3 Å². The maximum atomic E-state index is 12.6. The number of halogens is 7. The highest BCUT2D eigenvalue weighted by atomic mass is 79.9. The van der Waals surface area contributed by atoms with Crippen molar-refractivity contribution in [3.63, 3.8) is 0 Å². The molecule has 1 heterocycles. The summed E-state index contributed by atoms with van der Waals surface area (Å²) in [6.07, 6.45) is -10.3. The SMILES string of the molecule is O=C(O)c1nc(CBr)c(C(F)(F)F)cc1OC(F)(F)F. The first-order valence-electron chi connectivity index (χ1n) is 4.62. The van der Waals surface area contributed by atoms with Crippen LogP contribution in [0.5, 0.6) is 5.75 Å². The number of carbonyl (C=O) groups is 1. The van der Waals surface area contributed by atoms with E-state index in [1.54, 1.807) is 0 Å². The lowest BCUT2D eigenvalue weighted by atomic mass is 10.1. The third-order valence-electron chi connectivity index (χ3n) is 1.93. The third-order valence-corrected chi connectivity index (χ3v) is 2.46. The average molecular weight is 368 g/mol. The quantitative estimate of drug-likeness (QED) is 0.655. The molecule has 0 atom stereocenters. The van der Waals surface area contributed by atoms with Gasteiger partial charge < -0.3 is 9.84 Å². The summed E-state index contributed by atoms with van der Waals surface area (Å²) in [5.74, 6) is -3.47. The number of carboxylic acids is 1. The minimum absolute atomic E-state index is 0.0411. The molecule has 0 aromatic carbocycles. The van der Waals surface area contributed by atoms with Crippen LogP contribution in [-0.2, 0) is 11.5 Å². The van der Waals surface area contributed by atoms with Gasteiger partial charge in [0.25, 0.3) is 0 Å². The average Bonchev–Trinajstić information content (AvgIpc) is 2.24. The summed E-state index contributed by atoms with van der Waals surface area (Å²) >= 11 is 2.65. The van der Waals surface area contributed by atoms with E-state index in [0.29, 0.717) is 0 Å². The van der Waals surface area contributed by atoms with Gasteiger partial charge in [-0.3, -0.25) is 0 Å². The predicted octanol–water partition coefficient (Wildman–Crippen LogP) is 3.59. The molecule has 0 radical (unpaired) electrons. The third kappa shape index (κ3) is 3.99. The molecular weight excluding hydrogens is 364 g/mol. The molecule has 112 valence electrons. The molecule has 0 saturated carbocycles. The number of ether oxygens (including phenoxy) is 1. The molecule has 0 spiro atoms. The van der Waals surface area contributed by atoms with Crippen LogP contribution >= 0.6 is 15.9 Å². The fourth-order valence-corrected chi connectivity index (χ4v) is 1.66. The van der Waals surface area contributed by atoms with Gasteiger partial charge in [-0.15, -0.1) is 13.2 Å². The topological polar surface area (TPSA) is 59.4 Å². The lowest BCUT2D eigenvalue weighted by Gasteiger charge is -2.16. The van der Waals surface area contributed by atoms with E-state index >= 15 is 0 Å². The summed E-state index contributed by atoms with van der Waals surface area (Å²) in [5, 5.41) is 8.18. The standard InChI is InChI=1S/C9H4BrF6NO3/c10-2-4-3(8(11,12)13)1-5(20-9(14,15)16)6(17-4)7(18)19/h1H,2H2,(H,18,19). The Labute approximate surface area is 115 Å². The molecule has 1 rings (SSSR count). The number of alkyl halides is 7. The van der Waals surface area contributed by atoms with Gasteiger partial charge in [-0.2, -0.15) is 13.2 Å². The highest BCUT2D eigenvalue weighted by Gasteiger charge is 2.39. The van der Waals surface area contributed by atoms with Crippen molar-refractivity contribution in [2.45, 2.75) is 17.9 Å². The predicted molar refractivity (Wildman–Crippen MR) is 55.5 cm³/mol. The van der Waals surface area contributed by atoms with Gasteiger partial charge in [-0.1, -0.05) is 15.9 Å². The number of pyridine rings is 1. The summed E-state index contributed by atoms with van der Waals surface area (Å²) in [5.41, 5.74) is -3.53. The van der Waals surface area contributed by atoms with Crippen molar-refractivity contribution < 1.29 is 41.0 Å². The minimum Gasteiger partial charge on any atom is -0.476 e. The molecular formula is C9H4BrF6NO3. The molecule has 0 aliphatic rings. The van der Waals surface area contributed by atoms with Crippen molar-refractivity contribution in [1.29, 1.82) is 0 Å². The molecule has 0 fully saturated rings. The first kappa shape index (κ1) is 16.5. The smallest absolute Gasteiger partial charge is 0.476 e. The second-order valence-corrected chi connectivity index (χ2v) is 3.87. The van der Waals surface area contributed by atoms with Crippen LogP contribution in [0.15, 0.2) is 6.07 Å². The zero-order valence-corrected chi connectivity index (χ0v) is 10.7. The van der Waals surface area contributed by atoms with E-state index in [1.165, 1.54) is 0 Å². The zero-order chi connectivity index (χ0) is 15.7. The maximum Gasteiger partial charge on any atom is 0.573 e. The van der Waals surface area contributed by atoms with Crippen molar-refractivity contribution in [3.05, 3.63) is 23.0 Å². The van der Waals surface area contributed by atoms with Gasteiger partial charge >= 0.3 is 18.5 Å². The van der Waals surface area contributed by atoms with E-state index in [9.17, 15) is 31.1 Å². The second-order valence-electron chi connectivity index (χ2n) is 3.31. The molecule has 0 amide bonds. The van der Waals surface area contributed by atoms with Crippen LogP contribution in [0, 0.1) is 0 Å². The zero-order valence-electron chi connectivity index (χ0n) is 9.14. The molecule has 0 bridgehead atoms. The largest absolute Gasteiger partial charge is 0.573 e. The van der Waals surface area contributed by atoms with E-state index in [-0.39, 0.29) is 6.07 Å². The minimum atomic E-state index is -5.34. The van der Waals surface area contributed by atoms with Crippen LogP contribution in [0.4, 0.5) is 26.3 Å². The number of hydrogen-bond acceptors (Lipinski definition) is 3. The first-order chi connectivity index (χ1) is 8.95. The summed E-state index contributed by atoms with van der Waals surface area (Å²) in [6, 6.07) is -0.0411. The van der Waals surface area contributed by atoms with Gasteiger partial charge in [0.1, 0.15) is 0 Å². The second kappa shape index (κ2) is 5.46. The Morgan fingerprint density at radius 1 is 1.30 bits per heavy atom. The number of nitrogens with zero attached hydrogens (tertiary/aromatic N) is 1. The molecule has 0 aliphatic carbocycles. The van der Waals surface area contributed by atoms with Crippen molar-refractivity contribution in [3.8, 4) is 5.75 Å². The molecule has 1 aromatic heterocycles. The molecule has 20 heavy (non-hydrogen) atoms. The lowest BCUT2D eigenvalue weighted by Crippen LogP contribution is -2.21. The summed E-state index contributed by atoms with van der Waals surface area (Å²) < 4.78 is 77.4. The highest BCUT2D eigenvalue weighted by molar-refractivity contribution is 9.08. The molecule has 0 unspecified atom stereocenters. The number of rotatable bonds is 3. The summed E-state index contributed by atoms with van der Waals surface area (Å²) in [6.45, 7) is 0. The van der Waals surface area contributed by atoms with Gasteiger partial charge in [0.15, 0.2) is 11.4 Å². The summed E-state index contributed by atoms with van der Waals surface area (Å²) in [7, 11) is 0. The number of aromatic carboxylic acids is 1. The molecule has 4 nitrogen and oxygen atoms in total. The Balaban J connectivity index is 3.51. The molecule has 0 aliphatic heterocycles. The van der Waals surface area contributed by atoms with Crippen LogP contribution in [0.2, 0.25) is 0 Å². The molecule has 1 aromatic rings. The fourth-order valence-electron chi connectivity index (χ4n) is 1.24. The Bertz CT molecular complexity index is 528. The van der Waals surface area contributed by atoms with E-state index in [0.717, 1.165) is 0 Å². The fraction of sp³-hybridized carbons (Fsp3) is 0.333. The van der Waals surface area contributed by atoms with Gasteiger partial charge in [-0.25, -0.2) is 9.78 Å². The molecule has 11 heteroatoms. The Kier molecular flexibility index (Phi) is 4.52. The molecule has 1 N–H and O–H groups in total. The Hall–Kier alpha value is -1.52. The number of carboxylic acid groups (broad SMARTS) is 1. The van der Waals surface area contributed by atoms with E-state index in [2.05, 4.69) is 25.7 Å². The van der Waals surface area contributed by atoms with Crippen molar-refractivity contribution in [2.75, 3.05) is 0 Å². The van der Waals surface area contributed by atoms with E-state index in [1.807, 2.05) is 0 Å². The monoisotopic (exact) mass is 367 g/mol. The van der Waals surface area contributed by atoms with Crippen LogP contribution in [0.1, 0.15) is 21.7 Å². The van der Waals surface area contributed by atoms with Crippen LogP contribution < -0.4 is 4.74 Å². The van der Waals surface area contributed by atoms with Crippen molar-refractivity contribution in [1.82, 2.24) is 4.98 Å². The number of hydrogen-bond donors (Lipinski definition) is 1. The molecule has 0 saturated heterocycles. The van der Waals surface area contributed by atoms with Crippen molar-refractivity contribution >= 4 is 21.9 Å². The Morgan fingerprint density at radius 3 is 2.20 bits per heavy atom. The van der Waals surface area contributed by atoms with E-state index < -0.39 is 46.5 Å². The van der Waals surface area contributed by atoms with Crippen LogP contribution in [0.3, 0.4) is 0 Å². The lowest BCUT2D eigenvalue weighted by molar-refractivity contribution is -0.275.